The zero-order valence-corrected chi connectivity index (χ0v) is 14.2. The lowest BCUT2D eigenvalue weighted by molar-refractivity contribution is 0.399. The molecule has 1 heterocycles. The van der Waals surface area contributed by atoms with E-state index in [-0.39, 0.29) is 17.1 Å². The van der Waals surface area contributed by atoms with Crippen molar-refractivity contribution in [2.24, 2.45) is 10.2 Å². The van der Waals surface area contributed by atoms with Crippen molar-refractivity contribution in [2.45, 2.75) is 33.2 Å². The Hall–Kier alpha value is -3.38. The summed E-state index contributed by atoms with van der Waals surface area (Å²) in [5, 5.41) is 27.6. The number of azo groups is 1. The van der Waals surface area contributed by atoms with E-state index in [1.807, 2.05) is 13.0 Å². The van der Waals surface area contributed by atoms with Gasteiger partial charge < -0.3 is 5.11 Å². The topological polar surface area (TPSA) is 90.7 Å². The van der Waals surface area contributed by atoms with E-state index in [4.69, 9.17) is 6.42 Å². The van der Waals surface area contributed by atoms with Crippen LogP contribution in [0.3, 0.4) is 0 Å². The fraction of sp³-hybridized carbons (Fsp3) is 0.263. The van der Waals surface area contributed by atoms with Crippen LogP contribution in [0.15, 0.2) is 39.3 Å². The van der Waals surface area contributed by atoms with E-state index < -0.39 is 5.56 Å². The van der Waals surface area contributed by atoms with Gasteiger partial charge in [0.1, 0.15) is 17.3 Å². The zero-order valence-electron chi connectivity index (χ0n) is 14.2. The van der Waals surface area contributed by atoms with Crippen molar-refractivity contribution in [3.8, 4) is 24.3 Å². The number of benzene rings is 1. The molecule has 0 amide bonds. The van der Waals surface area contributed by atoms with E-state index in [0.29, 0.717) is 29.8 Å². The highest BCUT2D eigenvalue weighted by atomic mass is 16.3. The summed E-state index contributed by atoms with van der Waals surface area (Å²) < 4.78 is 1.16. The van der Waals surface area contributed by atoms with Crippen molar-refractivity contribution in [2.75, 3.05) is 0 Å². The van der Waals surface area contributed by atoms with Gasteiger partial charge in [-0.15, -0.1) is 16.7 Å². The molecule has 0 radical (unpaired) electrons. The first-order chi connectivity index (χ1) is 12.0. The van der Waals surface area contributed by atoms with E-state index in [1.54, 1.807) is 31.2 Å². The standard InChI is InChI=1S/C19H18N4O2/c1-4-6-11-23-18(24)15(12-20)13(3)17(19(23)25)22-21-16-10-8-7-9-14(16)5-2/h2,7-10,24H,4,6,11H2,1,3H3. The molecule has 0 atom stereocenters. The summed E-state index contributed by atoms with van der Waals surface area (Å²) in [7, 11) is 0. The predicted molar refractivity (Wildman–Crippen MR) is 95.3 cm³/mol. The van der Waals surface area contributed by atoms with Gasteiger partial charge in [0.2, 0.25) is 5.88 Å². The van der Waals surface area contributed by atoms with Crippen molar-refractivity contribution in [1.82, 2.24) is 4.57 Å². The summed E-state index contributed by atoms with van der Waals surface area (Å²) in [4.78, 5) is 12.7. The number of rotatable bonds is 5. The molecule has 0 unspecified atom stereocenters. The highest BCUT2D eigenvalue weighted by Crippen LogP contribution is 2.27. The maximum absolute atomic E-state index is 12.7. The van der Waals surface area contributed by atoms with Gasteiger partial charge in [0.25, 0.3) is 5.56 Å². The molecule has 0 aliphatic heterocycles. The zero-order chi connectivity index (χ0) is 18.4. The molecule has 25 heavy (non-hydrogen) atoms. The Morgan fingerprint density at radius 2 is 2.04 bits per heavy atom. The summed E-state index contributed by atoms with van der Waals surface area (Å²) in [6, 6.07) is 8.88. The summed E-state index contributed by atoms with van der Waals surface area (Å²) in [5.41, 5.74) is 0.862. The molecule has 1 aromatic carbocycles. The molecule has 0 saturated heterocycles. The van der Waals surface area contributed by atoms with Crippen LogP contribution < -0.4 is 5.56 Å². The SMILES string of the molecule is C#Cc1ccccc1N=Nc1c(C)c(C#N)c(O)n(CCCC)c1=O. The molecule has 0 bridgehead atoms. The first-order valence-corrected chi connectivity index (χ1v) is 7.89. The minimum Gasteiger partial charge on any atom is -0.493 e. The van der Waals surface area contributed by atoms with Crippen LogP contribution in [0, 0.1) is 30.6 Å². The molecule has 6 heteroatoms. The number of nitriles is 1. The lowest BCUT2D eigenvalue weighted by atomic mass is 10.1. The van der Waals surface area contributed by atoms with Crippen LogP contribution in [0.5, 0.6) is 5.88 Å². The van der Waals surface area contributed by atoms with E-state index >= 15 is 0 Å². The summed E-state index contributed by atoms with van der Waals surface area (Å²) in [6.45, 7) is 3.84. The number of aromatic nitrogens is 1. The Balaban J connectivity index is 2.61. The second-order valence-electron chi connectivity index (χ2n) is 5.46. The van der Waals surface area contributed by atoms with Gasteiger partial charge in [-0.05, 0) is 25.5 Å². The Labute approximate surface area is 146 Å². The third-order valence-corrected chi connectivity index (χ3v) is 3.82. The van der Waals surface area contributed by atoms with Crippen molar-refractivity contribution in [3.05, 3.63) is 51.3 Å². The Kier molecular flexibility index (Phi) is 5.71. The summed E-state index contributed by atoms with van der Waals surface area (Å²) in [6.07, 6.45) is 6.96. The molecule has 1 N–H and O–H groups in total. The van der Waals surface area contributed by atoms with Crippen LogP contribution in [0.4, 0.5) is 11.4 Å². The van der Waals surface area contributed by atoms with Crippen molar-refractivity contribution in [1.29, 1.82) is 5.26 Å². The van der Waals surface area contributed by atoms with Gasteiger partial charge in [-0.2, -0.15) is 5.26 Å². The molecule has 126 valence electrons. The van der Waals surface area contributed by atoms with Crippen LogP contribution in [0.2, 0.25) is 0 Å². The molecule has 0 aliphatic rings. The minimum absolute atomic E-state index is 0.0230. The number of hydrogen-bond acceptors (Lipinski definition) is 5. The second kappa shape index (κ2) is 7.94. The number of unbranched alkanes of at least 4 members (excludes halogenated alkanes) is 1. The highest BCUT2D eigenvalue weighted by molar-refractivity contribution is 5.58. The number of nitrogens with zero attached hydrogens (tertiary/aromatic N) is 4. The molecule has 2 rings (SSSR count). The predicted octanol–water partition coefficient (Wildman–Crippen LogP) is 3.93. The lowest BCUT2D eigenvalue weighted by Gasteiger charge is -2.12. The average molecular weight is 334 g/mol. The van der Waals surface area contributed by atoms with Gasteiger partial charge in [-0.3, -0.25) is 9.36 Å². The smallest absolute Gasteiger partial charge is 0.281 e. The third-order valence-electron chi connectivity index (χ3n) is 3.82. The fourth-order valence-corrected chi connectivity index (χ4v) is 2.37. The van der Waals surface area contributed by atoms with Gasteiger partial charge in [0.15, 0.2) is 5.69 Å². The van der Waals surface area contributed by atoms with Crippen LogP contribution in [0.1, 0.15) is 36.5 Å². The van der Waals surface area contributed by atoms with Gasteiger partial charge in [-0.25, -0.2) is 0 Å². The molecule has 0 spiro atoms. The fourth-order valence-electron chi connectivity index (χ4n) is 2.37. The molecule has 0 fully saturated rings. The van der Waals surface area contributed by atoms with Crippen LogP contribution in [-0.2, 0) is 6.54 Å². The van der Waals surface area contributed by atoms with Gasteiger partial charge >= 0.3 is 0 Å². The van der Waals surface area contributed by atoms with Crippen molar-refractivity contribution in [3.63, 3.8) is 0 Å². The molecule has 6 nitrogen and oxygen atoms in total. The van der Waals surface area contributed by atoms with Gasteiger partial charge in [0.05, 0.1) is 5.56 Å². The highest BCUT2D eigenvalue weighted by Gasteiger charge is 2.18. The van der Waals surface area contributed by atoms with Crippen LogP contribution in [-0.4, -0.2) is 9.67 Å². The first kappa shape index (κ1) is 18.0. The third kappa shape index (κ3) is 3.59. The largest absolute Gasteiger partial charge is 0.493 e. The van der Waals surface area contributed by atoms with Crippen molar-refractivity contribution < 1.29 is 5.11 Å². The quantitative estimate of drug-likeness (QED) is 0.663. The van der Waals surface area contributed by atoms with Crippen molar-refractivity contribution >= 4 is 11.4 Å². The van der Waals surface area contributed by atoms with E-state index in [1.165, 1.54) is 0 Å². The van der Waals surface area contributed by atoms with Crippen LogP contribution in [0.25, 0.3) is 0 Å². The van der Waals surface area contributed by atoms with Gasteiger partial charge in [-0.1, -0.05) is 31.4 Å². The number of pyridine rings is 1. The molecule has 0 aliphatic carbocycles. The molecular formula is C19H18N4O2. The van der Waals surface area contributed by atoms with Gasteiger partial charge in [0, 0.05) is 12.1 Å². The minimum atomic E-state index is -0.482. The number of aromatic hydroxyl groups is 1. The Morgan fingerprint density at radius 1 is 1.32 bits per heavy atom. The molecular weight excluding hydrogens is 316 g/mol. The number of hydrogen-bond donors (Lipinski definition) is 1. The maximum Gasteiger partial charge on any atom is 0.281 e. The summed E-state index contributed by atoms with van der Waals surface area (Å²) in [5.74, 6) is 2.17. The molecule has 0 saturated carbocycles. The number of terminal acetylenes is 1. The van der Waals surface area contributed by atoms with E-state index in [9.17, 15) is 15.2 Å². The van der Waals surface area contributed by atoms with E-state index in [0.717, 1.165) is 11.0 Å². The maximum atomic E-state index is 12.7. The molecule has 2 aromatic rings. The molecule has 1 aromatic heterocycles. The first-order valence-electron chi connectivity index (χ1n) is 7.89. The van der Waals surface area contributed by atoms with E-state index in [2.05, 4.69) is 16.1 Å². The Bertz CT molecular complexity index is 959. The average Bonchev–Trinajstić information content (AvgIpc) is 2.62. The van der Waals surface area contributed by atoms with Crippen LogP contribution >= 0.6 is 0 Å². The second-order valence-corrected chi connectivity index (χ2v) is 5.46. The monoisotopic (exact) mass is 334 g/mol. The summed E-state index contributed by atoms with van der Waals surface area (Å²) >= 11 is 0. The Morgan fingerprint density at radius 3 is 2.68 bits per heavy atom. The normalized spacial score (nSPS) is 10.6. The lowest BCUT2D eigenvalue weighted by Crippen LogP contribution is -2.22.